The predicted octanol–water partition coefficient (Wildman–Crippen LogP) is 4.63. The Kier molecular flexibility index (Phi) is 4.83. The molecular formula is C18H11F4N3O. The third-order valence-corrected chi connectivity index (χ3v) is 3.44. The Labute approximate surface area is 145 Å². The molecule has 0 radical (unpaired) electrons. The van der Waals surface area contributed by atoms with E-state index in [0.717, 1.165) is 18.2 Å². The standard InChI is InChI=1S/C18H11F4N3O/c19-12-4-2-1-3-11(12)18(26)24-10-5-8-15(23-9-10)25-14-7-6-13(20)16(21)17(14)22/h1-9H,(H,23,25)(H,24,26). The van der Waals surface area contributed by atoms with E-state index in [1.165, 1.54) is 36.5 Å². The fraction of sp³-hybridized carbons (Fsp3) is 0. The van der Waals surface area contributed by atoms with E-state index in [4.69, 9.17) is 0 Å². The Morgan fingerprint density at radius 1 is 0.846 bits per heavy atom. The van der Waals surface area contributed by atoms with Crippen molar-refractivity contribution in [2.24, 2.45) is 0 Å². The first kappa shape index (κ1) is 17.4. The maximum atomic E-state index is 13.6. The summed E-state index contributed by atoms with van der Waals surface area (Å²) in [6.07, 6.45) is 1.25. The Morgan fingerprint density at radius 2 is 1.62 bits per heavy atom. The number of aromatic nitrogens is 1. The average molecular weight is 361 g/mol. The van der Waals surface area contributed by atoms with Gasteiger partial charge in [0.15, 0.2) is 17.5 Å². The summed E-state index contributed by atoms with van der Waals surface area (Å²) in [7, 11) is 0. The van der Waals surface area contributed by atoms with Crippen LogP contribution in [0.15, 0.2) is 54.7 Å². The molecule has 0 fully saturated rings. The lowest BCUT2D eigenvalue weighted by Gasteiger charge is -2.09. The number of carbonyl (C=O) groups excluding carboxylic acids is 1. The minimum Gasteiger partial charge on any atom is -0.338 e. The molecule has 0 spiro atoms. The highest BCUT2D eigenvalue weighted by Gasteiger charge is 2.14. The third-order valence-electron chi connectivity index (χ3n) is 3.44. The van der Waals surface area contributed by atoms with E-state index in [0.29, 0.717) is 0 Å². The quantitative estimate of drug-likeness (QED) is 0.526. The van der Waals surface area contributed by atoms with Gasteiger partial charge in [-0.2, -0.15) is 0 Å². The third kappa shape index (κ3) is 3.64. The number of rotatable bonds is 4. The fourth-order valence-corrected chi connectivity index (χ4v) is 2.15. The van der Waals surface area contributed by atoms with Crippen molar-refractivity contribution in [3.8, 4) is 0 Å². The van der Waals surface area contributed by atoms with Crippen molar-refractivity contribution in [1.29, 1.82) is 0 Å². The highest BCUT2D eigenvalue weighted by molar-refractivity contribution is 6.04. The van der Waals surface area contributed by atoms with Gasteiger partial charge in [0.2, 0.25) is 0 Å². The first-order chi connectivity index (χ1) is 12.5. The van der Waals surface area contributed by atoms with Gasteiger partial charge in [-0.05, 0) is 36.4 Å². The van der Waals surface area contributed by atoms with E-state index in [1.54, 1.807) is 0 Å². The maximum Gasteiger partial charge on any atom is 0.258 e. The van der Waals surface area contributed by atoms with Crippen LogP contribution in [0.4, 0.5) is 34.8 Å². The molecular weight excluding hydrogens is 350 g/mol. The molecule has 0 bridgehead atoms. The molecule has 0 aliphatic rings. The van der Waals surface area contributed by atoms with Gasteiger partial charge in [0.1, 0.15) is 11.6 Å². The van der Waals surface area contributed by atoms with E-state index >= 15 is 0 Å². The summed E-state index contributed by atoms with van der Waals surface area (Å²) in [4.78, 5) is 15.9. The van der Waals surface area contributed by atoms with Gasteiger partial charge in [0, 0.05) is 0 Å². The van der Waals surface area contributed by atoms with Crippen LogP contribution in [-0.4, -0.2) is 10.9 Å². The SMILES string of the molecule is O=C(Nc1ccc(Nc2ccc(F)c(F)c2F)nc1)c1ccccc1F. The molecule has 0 atom stereocenters. The number of hydrogen-bond donors (Lipinski definition) is 2. The molecule has 0 saturated heterocycles. The molecule has 1 aromatic heterocycles. The molecule has 132 valence electrons. The van der Waals surface area contributed by atoms with Gasteiger partial charge in [-0.3, -0.25) is 4.79 Å². The minimum absolute atomic E-state index is 0.126. The summed E-state index contributed by atoms with van der Waals surface area (Å²) >= 11 is 0. The van der Waals surface area contributed by atoms with Crippen molar-refractivity contribution in [2.75, 3.05) is 10.6 Å². The van der Waals surface area contributed by atoms with Gasteiger partial charge in [-0.1, -0.05) is 12.1 Å². The molecule has 1 amide bonds. The molecule has 3 rings (SSSR count). The summed E-state index contributed by atoms with van der Waals surface area (Å²) in [6.45, 7) is 0. The summed E-state index contributed by atoms with van der Waals surface area (Å²) in [6, 6.07) is 10.1. The van der Waals surface area contributed by atoms with Gasteiger partial charge >= 0.3 is 0 Å². The Bertz CT molecular complexity index is 961. The van der Waals surface area contributed by atoms with Crippen molar-refractivity contribution in [3.63, 3.8) is 0 Å². The number of carbonyl (C=O) groups is 1. The van der Waals surface area contributed by atoms with E-state index in [9.17, 15) is 22.4 Å². The zero-order valence-corrected chi connectivity index (χ0v) is 13.1. The van der Waals surface area contributed by atoms with E-state index in [2.05, 4.69) is 15.6 Å². The van der Waals surface area contributed by atoms with Crippen molar-refractivity contribution in [2.45, 2.75) is 0 Å². The van der Waals surface area contributed by atoms with Gasteiger partial charge < -0.3 is 10.6 Å². The second-order valence-electron chi connectivity index (χ2n) is 5.21. The molecule has 26 heavy (non-hydrogen) atoms. The second-order valence-corrected chi connectivity index (χ2v) is 5.21. The molecule has 0 aliphatic heterocycles. The van der Waals surface area contributed by atoms with Gasteiger partial charge in [-0.25, -0.2) is 22.5 Å². The van der Waals surface area contributed by atoms with E-state index in [1.807, 2.05) is 0 Å². The molecule has 0 aliphatic carbocycles. The first-order valence-electron chi connectivity index (χ1n) is 7.38. The van der Waals surface area contributed by atoms with Gasteiger partial charge in [0.05, 0.1) is 23.1 Å². The summed E-state index contributed by atoms with van der Waals surface area (Å²) in [5, 5.41) is 4.96. The van der Waals surface area contributed by atoms with Gasteiger partial charge in [0.25, 0.3) is 5.91 Å². The largest absolute Gasteiger partial charge is 0.338 e. The second kappa shape index (κ2) is 7.22. The fourth-order valence-electron chi connectivity index (χ4n) is 2.15. The first-order valence-corrected chi connectivity index (χ1v) is 7.38. The summed E-state index contributed by atoms with van der Waals surface area (Å²) in [5.41, 5.74) is -0.146. The number of hydrogen-bond acceptors (Lipinski definition) is 3. The highest BCUT2D eigenvalue weighted by Crippen LogP contribution is 2.23. The van der Waals surface area contributed by atoms with E-state index < -0.39 is 29.2 Å². The number of amides is 1. The molecule has 2 aromatic carbocycles. The number of anilines is 3. The lowest BCUT2D eigenvalue weighted by atomic mass is 10.2. The number of halogens is 4. The topological polar surface area (TPSA) is 54.0 Å². The Hall–Kier alpha value is -3.42. The molecule has 2 N–H and O–H groups in total. The van der Waals surface area contributed by atoms with Crippen LogP contribution >= 0.6 is 0 Å². The van der Waals surface area contributed by atoms with E-state index in [-0.39, 0.29) is 22.8 Å². The van der Waals surface area contributed by atoms with Crippen LogP contribution in [0.1, 0.15) is 10.4 Å². The molecule has 8 heteroatoms. The number of nitrogens with one attached hydrogen (secondary N) is 2. The number of benzene rings is 2. The highest BCUT2D eigenvalue weighted by atomic mass is 19.2. The lowest BCUT2D eigenvalue weighted by molar-refractivity contribution is 0.102. The van der Waals surface area contributed by atoms with Crippen LogP contribution < -0.4 is 10.6 Å². The van der Waals surface area contributed by atoms with Crippen LogP contribution in [0.3, 0.4) is 0 Å². The molecule has 0 unspecified atom stereocenters. The summed E-state index contributed by atoms with van der Waals surface area (Å²) in [5.74, 6) is -5.44. The Balaban J connectivity index is 1.72. The number of nitrogens with zero attached hydrogens (tertiary/aromatic N) is 1. The molecule has 1 heterocycles. The van der Waals surface area contributed by atoms with Crippen LogP contribution in [0.2, 0.25) is 0 Å². The zero-order valence-electron chi connectivity index (χ0n) is 13.1. The molecule has 3 aromatic rings. The maximum absolute atomic E-state index is 13.6. The predicted molar refractivity (Wildman–Crippen MR) is 88.2 cm³/mol. The monoisotopic (exact) mass is 361 g/mol. The van der Waals surface area contributed by atoms with Crippen LogP contribution in [0, 0.1) is 23.3 Å². The lowest BCUT2D eigenvalue weighted by Crippen LogP contribution is -2.13. The molecule has 0 saturated carbocycles. The summed E-state index contributed by atoms with van der Waals surface area (Å²) < 4.78 is 53.3. The smallest absolute Gasteiger partial charge is 0.258 e. The minimum atomic E-state index is -1.59. The zero-order chi connectivity index (χ0) is 18.7. The molecule has 4 nitrogen and oxygen atoms in total. The van der Waals surface area contributed by atoms with Crippen LogP contribution in [0.25, 0.3) is 0 Å². The normalized spacial score (nSPS) is 10.5. The van der Waals surface area contributed by atoms with Crippen LogP contribution in [-0.2, 0) is 0 Å². The van der Waals surface area contributed by atoms with Crippen molar-refractivity contribution >= 4 is 23.1 Å². The van der Waals surface area contributed by atoms with Gasteiger partial charge in [-0.15, -0.1) is 0 Å². The Morgan fingerprint density at radius 3 is 2.31 bits per heavy atom. The van der Waals surface area contributed by atoms with Crippen molar-refractivity contribution in [1.82, 2.24) is 4.98 Å². The van der Waals surface area contributed by atoms with Crippen LogP contribution in [0.5, 0.6) is 0 Å². The van der Waals surface area contributed by atoms with Crippen molar-refractivity contribution in [3.05, 3.63) is 83.6 Å². The van der Waals surface area contributed by atoms with Crippen molar-refractivity contribution < 1.29 is 22.4 Å². The number of pyridine rings is 1. The average Bonchev–Trinajstić information content (AvgIpc) is 2.64.